The molecule has 0 aliphatic rings. The first-order chi connectivity index (χ1) is 15.0. The van der Waals surface area contributed by atoms with Gasteiger partial charge >= 0.3 is 5.97 Å². The molecule has 0 saturated carbocycles. The van der Waals surface area contributed by atoms with Gasteiger partial charge < -0.3 is 26.8 Å². The van der Waals surface area contributed by atoms with Crippen LogP contribution in [-0.4, -0.2) is 39.8 Å². The third kappa shape index (κ3) is 7.21. The lowest BCUT2D eigenvalue weighted by Crippen LogP contribution is -2.40. The molecule has 32 heavy (non-hydrogen) atoms. The van der Waals surface area contributed by atoms with Gasteiger partial charge in [-0.05, 0) is 29.2 Å². The molecule has 3 unspecified atom stereocenters. The predicted molar refractivity (Wildman–Crippen MR) is 124 cm³/mol. The van der Waals surface area contributed by atoms with Crippen LogP contribution in [0, 0.1) is 5.92 Å². The van der Waals surface area contributed by atoms with Crippen LogP contribution in [0.2, 0.25) is 0 Å². The number of hydrogen-bond donors (Lipinski definition) is 5. The van der Waals surface area contributed by atoms with Crippen LogP contribution in [0.15, 0.2) is 59.6 Å². The molecule has 1 amide bonds. The van der Waals surface area contributed by atoms with Crippen molar-refractivity contribution in [3.63, 3.8) is 0 Å². The first kappa shape index (κ1) is 25.1. The van der Waals surface area contributed by atoms with E-state index in [0.717, 1.165) is 5.56 Å². The second-order valence-electron chi connectivity index (χ2n) is 7.88. The second-order valence-corrected chi connectivity index (χ2v) is 10.3. The van der Waals surface area contributed by atoms with Crippen LogP contribution in [-0.2, 0) is 20.6 Å². The van der Waals surface area contributed by atoms with E-state index in [-0.39, 0.29) is 17.9 Å². The predicted octanol–water partition coefficient (Wildman–Crippen LogP) is 2.37. The SMILES string of the molecule is CC(C)C(NC(=O)Cc1ccccc1)P(=O)(O)CC(C(=O)O)c1cccc(N=C(N)N)c1. The van der Waals surface area contributed by atoms with E-state index >= 15 is 0 Å². The van der Waals surface area contributed by atoms with Crippen molar-refractivity contribution in [2.45, 2.75) is 32.0 Å². The van der Waals surface area contributed by atoms with E-state index in [0.29, 0.717) is 5.69 Å². The highest BCUT2D eigenvalue weighted by Gasteiger charge is 2.39. The normalized spacial score (nSPS) is 14.8. The number of aliphatic imine (C=N–C) groups is 1. The lowest BCUT2D eigenvalue weighted by molar-refractivity contribution is -0.138. The van der Waals surface area contributed by atoms with Crippen LogP contribution >= 0.6 is 7.37 Å². The Hall–Kier alpha value is -3.16. The van der Waals surface area contributed by atoms with Gasteiger partial charge in [-0.2, -0.15) is 0 Å². The second kappa shape index (κ2) is 10.9. The van der Waals surface area contributed by atoms with E-state index in [1.165, 1.54) is 12.1 Å². The Morgan fingerprint density at radius 2 is 1.75 bits per heavy atom. The zero-order valence-electron chi connectivity index (χ0n) is 18.0. The number of rotatable bonds is 10. The maximum Gasteiger partial charge on any atom is 0.311 e. The summed E-state index contributed by atoms with van der Waals surface area (Å²) < 4.78 is 13.3. The molecule has 3 atom stereocenters. The first-order valence-electron chi connectivity index (χ1n) is 10.1. The molecule has 2 aromatic carbocycles. The standard InChI is InChI=1S/C22H29N4O5P/c1-14(2)20(26-19(27)11-15-7-4-3-5-8-15)32(30,31)13-18(21(28)29)16-9-6-10-17(12-16)25-22(23)24/h3-10,12,14,18,20H,11,13H2,1-2H3,(H,26,27)(H,28,29)(H,30,31)(H4,23,24,25). The van der Waals surface area contributed by atoms with Crippen molar-refractivity contribution in [1.82, 2.24) is 5.32 Å². The third-order valence-electron chi connectivity index (χ3n) is 4.86. The van der Waals surface area contributed by atoms with Crippen LogP contribution < -0.4 is 16.8 Å². The molecule has 10 heteroatoms. The van der Waals surface area contributed by atoms with Gasteiger partial charge in [-0.15, -0.1) is 0 Å². The minimum atomic E-state index is -4.13. The molecular formula is C22H29N4O5P. The number of carbonyl (C=O) groups excluding carboxylic acids is 1. The van der Waals surface area contributed by atoms with Crippen LogP contribution in [0.25, 0.3) is 0 Å². The Kier molecular flexibility index (Phi) is 8.57. The number of nitrogens with zero attached hydrogens (tertiary/aromatic N) is 1. The van der Waals surface area contributed by atoms with Gasteiger partial charge in [0.25, 0.3) is 0 Å². The average molecular weight is 460 g/mol. The summed E-state index contributed by atoms with van der Waals surface area (Å²) in [7, 11) is -4.13. The summed E-state index contributed by atoms with van der Waals surface area (Å²) in [6.07, 6.45) is -0.505. The van der Waals surface area contributed by atoms with Gasteiger partial charge in [0.05, 0.1) is 18.0 Å². The van der Waals surface area contributed by atoms with E-state index in [1.807, 2.05) is 6.07 Å². The topological polar surface area (TPSA) is 168 Å². The number of aliphatic carboxylic acids is 1. The highest BCUT2D eigenvalue weighted by Crippen LogP contribution is 2.51. The number of hydrogen-bond acceptors (Lipinski definition) is 4. The number of guanidine groups is 1. The Balaban J connectivity index is 2.25. The van der Waals surface area contributed by atoms with Crippen LogP contribution in [0.3, 0.4) is 0 Å². The van der Waals surface area contributed by atoms with E-state index in [2.05, 4.69) is 10.3 Å². The molecule has 0 bridgehead atoms. The summed E-state index contributed by atoms with van der Waals surface area (Å²) in [5, 5.41) is 12.4. The molecule has 0 spiro atoms. The number of carboxylic acid groups (broad SMARTS) is 1. The van der Waals surface area contributed by atoms with Crippen molar-refractivity contribution in [3.8, 4) is 0 Å². The molecule has 2 aromatic rings. The lowest BCUT2D eigenvalue weighted by atomic mass is 10.0. The highest BCUT2D eigenvalue weighted by atomic mass is 31.2. The number of nitrogens with one attached hydrogen (secondary N) is 1. The number of amides is 1. The number of nitrogens with two attached hydrogens (primary N) is 2. The van der Waals surface area contributed by atoms with Gasteiger partial charge in [0.2, 0.25) is 13.3 Å². The molecule has 0 aliphatic carbocycles. The molecule has 9 nitrogen and oxygen atoms in total. The summed E-state index contributed by atoms with van der Waals surface area (Å²) in [4.78, 5) is 39.2. The number of benzene rings is 2. The molecule has 7 N–H and O–H groups in total. The van der Waals surface area contributed by atoms with Crippen molar-refractivity contribution in [1.29, 1.82) is 0 Å². The van der Waals surface area contributed by atoms with E-state index in [1.54, 1.807) is 50.2 Å². The van der Waals surface area contributed by atoms with Crippen molar-refractivity contribution in [2.75, 3.05) is 6.16 Å². The lowest BCUT2D eigenvalue weighted by Gasteiger charge is -2.29. The zero-order chi connectivity index (χ0) is 23.9. The van der Waals surface area contributed by atoms with Crippen molar-refractivity contribution < 1.29 is 24.2 Å². The average Bonchev–Trinajstić information content (AvgIpc) is 2.70. The van der Waals surface area contributed by atoms with Gasteiger partial charge in [0.1, 0.15) is 5.78 Å². The monoisotopic (exact) mass is 460 g/mol. The third-order valence-corrected chi connectivity index (χ3v) is 7.34. The minimum absolute atomic E-state index is 0.0486. The van der Waals surface area contributed by atoms with Crippen molar-refractivity contribution in [2.24, 2.45) is 22.4 Å². The fourth-order valence-corrected chi connectivity index (χ4v) is 5.79. The Morgan fingerprint density at radius 3 is 2.31 bits per heavy atom. The fraction of sp³-hybridized carbons (Fsp3) is 0.318. The summed E-state index contributed by atoms with van der Waals surface area (Å²) in [6, 6.07) is 15.1. The quantitative estimate of drug-likeness (QED) is 0.206. The molecule has 172 valence electrons. The zero-order valence-corrected chi connectivity index (χ0v) is 18.9. The van der Waals surface area contributed by atoms with Crippen molar-refractivity contribution in [3.05, 3.63) is 65.7 Å². The highest BCUT2D eigenvalue weighted by molar-refractivity contribution is 7.58. The van der Waals surface area contributed by atoms with E-state index < -0.39 is 43.0 Å². The molecule has 0 heterocycles. The summed E-state index contributed by atoms with van der Waals surface area (Å²) in [6.45, 7) is 3.40. The van der Waals surface area contributed by atoms with E-state index in [9.17, 15) is 24.2 Å². The largest absolute Gasteiger partial charge is 0.481 e. The smallest absolute Gasteiger partial charge is 0.311 e. The summed E-state index contributed by atoms with van der Waals surface area (Å²) in [5.41, 5.74) is 12.1. The molecule has 0 saturated heterocycles. The molecule has 0 radical (unpaired) electrons. The van der Waals surface area contributed by atoms with E-state index in [4.69, 9.17) is 11.5 Å². The van der Waals surface area contributed by atoms with Crippen LogP contribution in [0.4, 0.5) is 5.69 Å². The summed E-state index contributed by atoms with van der Waals surface area (Å²) >= 11 is 0. The maximum absolute atomic E-state index is 13.3. The van der Waals surface area contributed by atoms with Gasteiger partial charge in [-0.1, -0.05) is 56.3 Å². The summed E-state index contributed by atoms with van der Waals surface area (Å²) in [5.74, 6) is -4.64. The van der Waals surface area contributed by atoms with Gasteiger partial charge in [-0.25, -0.2) is 4.99 Å². The Labute approximate surface area is 187 Å². The Morgan fingerprint density at radius 1 is 1.09 bits per heavy atom. The van der Waals surface area contributed by atoms with Gasteiger partial charge in [-0.3, -0.25) is 14.2 Å². The van der Waals surface area contributed by atoms with Gasteiger partial charge in [0.15, 0.2) is 5.96 Å². The van der Waals surface area contributed by atoms with Crippen molar-refractivity contribution >= 4 is 30.9 Å². The molecule has 2 rings (SSSR count). The Bertz CT molecular complexity index is 1020. The molecule has 0 aromatic heterocycles. The molecule has 0 aliphatic heterocycles. The van der Waals surface area contributed by atoms with Crippen LogP contribution in [0.1, 0.15) is 30.9 Å². The molecule has 0 fully saturated rings. The maximum atomic E-state index is 13.3. The number of carbonyl (C=O) groups is 2. The van der Waals surface area contributed by atoms with Gasteiger partial charge in [0, 0.05) is 6.16 Å². The minimum Gasteiger partial charge on any atom is -0.481 e. The number of carboxylic acids is 1. The first-order valence-corrected chi connectivity index (χ1v) is 12.0. The fourth-order valence-electron chi connectivity index (χ4n) is 3.39. The van der Waals surface area contributed by atoms with Crippen LogP contribution in [0.5, 0.6) is 0 Å². The molecular weight excluding hydrogens is 431 g/mol.